The summed E-state index contributed by atoms with van der Waals surface area (Å²) in [6.45, 7) is 12.2. The Labute approximate surface area is 370 Å². The summed E-state index contributed by atoms with van der Waals surface area (Å²) < 4.78 is 42.9. The molecule has 62 heavy (non-hydrogen) atoms. The van der Waals surface area contributed by atoms with Gasteiger partial charge in [-0.3, -0.25) is 14.2 Å². The van der Waals surface area contributed by atoms with Crippen LogP contribution in [0.15, 0.2) is 119 Å². The molecule has 0 aliphatic carbocycles. The van der Waals surface area contributed by atoms with Gasteiger partial charge in [0, 0.05) is 35.8 Å². The van der Waals surface area contributed by atoms with Crippen LogP contribution in [-0.4, -0.2) is 71.1 Å². The zero-order chi connectivity index (χ0) is 44.4. The van der Waals surface area contributed by atoms with Crippen LogP contribution in [0.2, 0.25) is 0 Å². The highest BCUT2D eigenvalue weighted by Crippen LogP contribution is 2.51. The molecule has 0 bridgehead atoms. The van der Waals surface area contributed by atoms with Crippen molar-refractivity contribution in [2.75, 3.05) is 27.4 Å². The molecule has 1 aliphatic rings. The normalized spacial score (nSPS) is 17.0. The third-order valence-corrected chi connectivity index (χ3v) is 13.6. The van der Waals surface area contributed by atoms with Gasteiger partial charge in [0.15, 0.2) is 5.16 Å². The number of thioether (sulfide) groups is 1. The van der Waals surface area contributed by atoms with Gasteiger partial charge in [-0.05, 0) is 94.3 Å². The van der Waals surface area contributed by atoms with Gasteiger partial charge in [0.2, 0.25) is 5.12 Å². The lowest BCUT2D eigenvalue weighted by molar-refractivity contribution is -0.0935. The molecule has 0 spiro atoms. The second-order valence-corrected chi connectivity index (χ2v) is 17.9. The van der Waals surface area contributed by atoms with Crippen LogP contribution in [0, 0.1) is 25.2 Å². The molecule has 6 rings (SSSR count). The molecule has 326 valence electrons. The molecule has 1 fully saturated rings. The Morgan fingerprint density at radius 1 is 0.903 bits per heavy atom. The summed E-state index contributed by atoms with van der Waals surface area (Å²) in [4.78, 5) is 31.1. The van der Waals surface area contributed by atoms with Crippen LogP contribution in [0.4, 0.5) is 0 Å². The third-order valence-electron chi connectivity index (χ3n) is 10.6. The van der Waals surface area contributed by atoms with Crippen molar-refractivity contribution in [3.05, 3.63) is 153 Å². The molecule has 1 aliphatic heterocycles. The third kappa shape index (κ3) is 10.8. The van der Waals surface area contributed by atoms with Crippen molar-refractivity contribution >= 4 is 25.4 Å². The number of aryl methyl sites for hydroxylation is 2. The molecule has 0 radical (unpaired) electrons. The second kappa shape index (κ2) is 21.5. The standard InChI is InChI=1S/C48H55N4O8PS/c1-32(2)52(33(3)4)61(58-28-12-27-49)60-42-29-44(51-30-35(6)45(53)50-47(51)62-46(54)36-17-15-34(5)16-18-36)59-43(42)31-57-48(37-13-10-9-11-14-37,38-19-23-40(55-7)24-20-38)39-21-25-41(56-8)26-22-39/h9-11,13-26,30,32-33,42-44H,12,28-29,31H2,1-8H3/t42-,43+,44+,61?/m0/s1. The van der Waals surface area contributed by atoms with E-state index >= 15 is 0 Å². The molecule has 12 nitrogen and oxygen atoms in total. The van der Waals surface area contributed by atoms with Crippen molar-refractivity contribution < 1.29 is 32.8 Å². The number of hydrogen-bond acceptors (Lipinski definition) is 12. The Kier molecular flexibility index (Phi) is 16.1. The van der Waals surface area contributed by atoms with E-state index in [1.165, 1.54) is 0 Å². The van der Waals surface area contributed by atoms with Gasteiger partial charge in [-0.25, -0.2) is 4.67 Å². The monoisotopic (exact) mass is 878 g/mol. The van der Waals surface area contributed by atoms with E-state index in [1.54, 1.807) is 44.0 Å². The van der Waals surface area contributed by atoms with E-state index in [9.17, 15) is 14.9 Å². The van der Waals surface area contributed by atoms with Crippen LogP contribution in [-0.2, 0) is 24.1 Å². The Balaban J connectivity index is 1.45. The lowest BCUT2D eigenvalue weighted by atomic mass is 9.80. The molecule has 1 aromatic heterocycles. The number of hydrogen-bond donors (Lipinski definition) is 0. The van der Waals surface area contributed by atoms with Crippen molar-refractivity contribution in [2.45, 2.75) is 95.7 Å². The highest BCUT2D eigenvalue weighted by molar-refractivity contribution is 8.14. The molecule has 1 unspecified atom stereocenters. The average Bonchev–Trinajstić information content (AvgIpc) is 3.67. The minimum absolute atomic E-state index is 0.0379. The van der Waals surface area contributed by atoms with E-state index in [1.807, 2.05) is 97.9 Å². The van der Waals surface area contributed by atoms with E-state index in [0.717, 1.165) is 34.0 Å². The Bertz CT molecular complexity index is 2280. The maximum Gasteiger partial charge on any atom is 0.276 e. The number of methoxy groups -OCH3 is 2. The number of ether oxygens (including phenoxy) is 4. The number of rotatable bonds is 19. The van der Waals surface area contributed by atoms with E-state index in [2.05, 4.69) is 43.4 Å². The number of nitriles is 1. The quantitative estimate of drug-likeness (QED) is 0.0257. The van der Waals surface area contributed by atoms with Gasteiger partial charge < -0.3 is 28.0 Å². The first-order valence-corrected chi connectivity index (χ1v) is 22.6. The van der Waals surface area contributed by atoms with Gasteiger partial charge in [0.1, 0.15) is 29.4 Å². The average molecular weight is 879 g/mol. The summed E-state index contributed by atoms with van der Waals surface area (Å²) >= 11 is 0.878. The molecule has 1 saturated heterocycles. The largest absolute Gasteiger partial charge is 0.497 e. The highest BCUT2D eigenvalue weighted by atomic mass is 32.2. The molecule has 14 heteroatoms. The maximum atomic E-state index is 13.7. The number of carbonyl (C=O) groups is 1. The van der Waals surface area contributed by atoms with Crippen LogP contribution in [0.1, 0.15) is 84.9 Å². The van der Waals surface area contributed by atoms with Crippen molar-refractivity contribution in [1.82, 2.24) is 14.2 Å². The minimum Gasteiger partial charge on any atom is -0.497 e. The minimum atomic E-state index is -1.70. The van der Waals surface area contributed by atoms with Gasteiger partial charge in [-0.1, -0.05) is 84.4 Å². The van der Waals surface area contributed by atoms with Crippen molar-refractivity contribution in [1.29, 1.82) is 5.26 Å². The summed E-state index contributed by atoms with van der Waals surface area (Å²) in [5, 5.41) is 9.38. The molecular formula is C48H55N4O8PS. The molecule has 5 aromatic rings. The van der Waals surface area contributed by atoms with Crippen molar-refractivity contribution in [3.8, 4) is 17.6 Å². The molecular weight excluding hydrogens is 824 g/mol. The van der Waals surface area contributed by atoms with Gasteiger partial charge in [-0.15, -0.1) is 0 Å². The van der Waals surface area contributed by atoms with E-state index < -0.39 is 38.1 Å². The first-order chi connectivity index (χ1) is 29.9. The van der Waals surface area contributed by atoms with Gasteiger partial charge >= 0.3 is 0 Å². The van der Waals surface area contributed by atoms with E-state index in [4.69, 9.17) is 28.0 Å². The Hall–Kier alpha value is -4.90. The van der Waals surface area contributed by atoms with E-state index in [0.29, 0.717) is 29.0 Å². The number of carbonyl (C=O) groups excluding carboxylic acids is 1. The molecule has 2 heterocycles. The fourth-order valence-corrected chi connectivity index (χ4v) is 10.1. The molecule has 4 aromatic carbocycles. The van der Waals surface area contributed by atoms with E-state index in [-0.39, 0.29) is 42.0 Å². The fraction of sp³-hybridized carbons (Fsp3) is 0.375. The zero-order valence-corrected chi connectivity index (χ0v) is 38.2. The number of benzene rings is 4. The van der Waals surface area contributed by atoms with Crippen LogP contribution >= 0.6 is 20.3 Å². The summed E-state index contributed by atoms with van der Waals surface area (Å²) in [5.41, 5.74) is 2.90. The number of nitrogens with zero attached hydrogens (tertiary/aromatic N) is 4. The number of aromatic nitrogens is 2. The van der Waals surface area contributed by atoms with Gasteiger partial charge in [0.25, 0.3) is 14.1 Å². The van der Waals surface area contributed by atoms with Crippen LogP contribution in [0.5, 0.6) is 11.5 Å². The summed E-state index contributed by atoms with van der Waals surface area (Å²) in [7, 11) is 1.56. The molecule has 4 atom stereocenters. The van der Waals surface area contributed by atoms with Gasteiger partial charge in [0.05, 0.1) is 46.0 Å². The smallest absolute Gasteiger partial charge is 0.276 e. The SMILES string of the molecule is COc1ccc(C(OC[C@H]2O[C@@H](n3cc(C)c(=O)nc3SC(=O)c3ccc(C)cc3)C[C@@H]2OP(OCCC#N)N(C(C)C)C(C)C)(c2ccccc2)c2ccc(OC)cc2)cc1. The van der Waals surface area contributed by atoms with Crippen LogP contribution in [0.3, 0.4) is 0 Å². The molecule has 0 amide bonds. The summed E-state index contributed by atoms with van der Waals surface area (Å²) in [5.74, 6) is 1.40. The van der Waals surface area contributed by atoms with Crippen LogP contribution in [0.25, 0.3) is 0 Å². The molecule has 0 N–H and O–H groups in total. The molecule has 0 saturated carbocycles. The van der Waals surface area contributed by atoms with Crippen LogP contribution < -0.4 is 15.0 Å². The highest BCUT2D eigenvalue weighted by Gasteiger charge is 2.45. The Morgan fingerprint density at radius 3 is 2.03 bits per heavy atom. The van der Waals surface area contributed by atoms with Crippen molar-refractivity contribution in [2.24, 2.45) is 0 Å². The topological polar surface area (TPSA) is 134 Å². The first kappa shape index (κ1) is 46.6. The second-order valence-electron chi connectivity index (χ2n) is 15.5. The van der Waals surface area contributed by atoms with Gasteiger partial charge in [-0.2, -0.15) is 10.2 Å². The predicted octanol–water partition coefficient (Wildman–Crippen LogP) is 9.77. The summed E-state index contributed by atoms with van der Waals surface area (Å²) in [6, 6.07) is 35.2. The predicted molar refractivity (Wildman–Crippen MR) is 241 cm³/mol. The summed E-state index contributed by atoms with van der Waals surface area (Å²) in [6.07, 6.45) is 0.162. The lowest BCUT2D eigenvalue weighted by Gasteiger charge is -2.39. The maximum absolute atomic E-state index is 13.7. The fourth-order valence-electron chi connectivity index (χ4n) is 7.49. The Morgan fingerprint density at radius 2 is 1.48 bits per heavy atom. The zero-order valence-electron chi connectivity index (χ0n) is 36.5. The lowest BCUT2D eigenvalue weighted by Crippen LogP contribution is -2.39. The first-order valence-electron chi connectivity index (χ1n) is 20.7. The van der Waals surface area contributed by atoms with Crippen molar-refractivity contribution in [3.63, 3.8) is 0 Å².